The van der Waals surface area contributed by atoms with E-state index in [0.29, 0.717) is 45.9 Å². The minimum atomic E-state index is -0.489. The number of aromatic nitrogens is 4. The van der Waals surface area contributed by atoms with Crippen molar-refractivity contribution in [3.63, 3.8) is 0 Å². The number of nitrogen functional groups attached to an aromatic ring is 1. The Labute approximate surface area is 200 Å². The van der Waals surface area contributed by atoms with Crippen LogP contribution in [0, 0.1) is 5.82 Å². The van der Waals surface area contributed by atoms with Crippen LogP contribution in [0.3, 0.4) is 0 Å². The van der Waals surface area contributed by atoms with Crippen LogP contribution >= 0.6 is 0 Å². The summed E-state index contributed by atoms with van der Waals surface area (Å²) >= 11 is 0. The number of pyridine rings is 2. The van der Waals surface area contributed by atoms with Crippen molar-refractivity contribution >= 4 is 27.6 Å². The molecule has 1 aliphatic carbocycles. The molecule has 182 valence electrons. The van der Waals surface area contributed by atoms with Crippen LogP contribution in [0.2, 0.25) is 0 Å². The second kappa shape index (κ2) is 7.67. The first-order valence-electron chi connectivity index (χ1n) is 11.7. The van der Waals surface area contributed by atoms with Crippen molar-refractivity contribution in [1.29, 1.82) is 0 Å². The summed E-state index contributed by atoms with van der Waals surface area (Å²) in [6.07, 6.45) is 5.66. The first-order valence-corrected chi connectivity index (χ1v) is 11.7. The number of nitrogens with zero attached hydrogens (tertiary/aromatic N) is 5. The standard InChI is InChI=1S/C25H27FN6O3/c1-30(2)7-4-8-34-23-16(27)9-14(11-29-23)19-15(26)10-17-20-21-18(12-28-17)31(3)24(33)32(21)25(5-6-25)13-35-22(19)20/h9-12H,4-8,13,27H2,1-3H3. The summed E-state index contributed by atoms with van der Waals surface area (Å²) < 4.78 is 31.0. The lowest BCUT2D eigenvalue weighted by atomic mass is 10.0. The summed E-state index contributed by atoms with van der Waals surface area (Å²) in [4.78, 5) is 24.1. The van der Waals surface area contributed by atoms with Gasteiger partial charge in [-0.05, 0) is 39.4 Å². The summed E-state index contributed by atoms with van der Waals surface area (Å²) in [5.41, 5.74) is 8.62. The van der Waals surface area contributed by atoms with E-state index in [0.717, 1.165) is 31.3 Å². The second-order valence-electron chi connectivity index (χ2n) is 9.76. The Hall–Kier alpha value is -3.66. The van der Waals surface area contributed by atoms with Gasteiger partial charge in [0, 0.05) is 31.4 Å². The number of ether oxygens (including phenoxy) is 2. The van der Waals surface area contributed by atoms with Crippen molar-refractivity contribution < 1.29 is 13.9 Å². The molecule has 0 unspecified atom stereocenters. The number of nitrogens with two attached hydrogens (primary N) is 1. The van der Waals surface area contributed by atoms with E-state index in [2.05, 4.69) is 14.9 Å². The van der Waals surface area contributed by atoms with Gasteiger partial charge in [0.15, 0.2) is 0 Å². The van der Waals surface area contributed by atoms with Gasteiger partial charge < -0.3 is 20.1 Å². The Balaban J connectivity index is 1.50. The molecule has 1 spiro atoms. The molecule has 10 heteroatoms. The molecular formula is C25H27FN6O3. The van der Waals surface area contributed by atoms with Gasteiger partial charge in [0.2, 0.25) is 5.88 Å². The van der Waals surface area contributed by atoms with Crippen LogP contribution in [0.15, 0.2) is 29.3 Å². The number of fused-ring (bicyclic) bond motifs is 1. The molecule has 0 atom stereocenters. The van der Waals surface area contributed by atoms with Crippen LogP contribution < -0.4 is 20.9 Å². The van der Waals surface area contributed by atoms with Crippen molar-refractivity contribution in [3.8, 4) is 22.8 Å². The molecule has 0 saturated heterocycles. The lowest BCUT2D eigenvalue weighted by Gasteiger charge is -2.17. The summed E-state index contributed by atoms with van der Waals surface area (Å²) in [7, 11) is 5.73. The lowest BCUT2D eigenvalue weighted by molar-refractivity contribution is 0.241. The molecule has 0 radical (unpaired) electrons. The van der Waals surface area contributed by atoms with Gasteiger partial charge in [0.05, 0.1) is 51.5 Å². The maximum Gasteiger partial charge on any atom is 0.329 e. The van der Waals surface area contributed by atoms with Gasteiger partial charge in [0.25, 0.3) is 0 Å². The number of imidazole rings is 1. The average molecular weight is 479 g/mol. The Morgan fingerprint density at radius 1 is 1.26 bits per heavy atom. The fraction of sp³-hybridized carbons (Fsp3) is 0.400. The van der Waals surface area contributed by atoms with Crippen molar-refractivity contribution in [2.45, 2.75) is 24.8 Å². The Bertz CT molecular complexity index is 1550. The number of aryl methyl sites for hydroxylation is 1. The average Bonchev–Trinajstić information content (AvgIpc) is 3.57. The van der Waals surface area contributed by atoms with Crippen LogP contribution in [-0.2, 0) is 12.6 Å². The van der Waals surface area contributed by atoms with E-state index >= 15 is 4.39 Å². The highest BCUT2D eigenvalue weighted by atomic mass is 19.1. The van der Waals surface area contributed by atoms with E-state index in [1.54, 1.807) is 30.1 Å². The molecule has 2 N–H and O–H groups in total. The molecule has 1 saturated carbocycles. The molecule has 0 bridgehead atoms. The van der Waals surface area contributed by atoms with Gasteiger partial charge in [0.1, 0.15) is 18.2 Å². The highest BCUT2D eigenvalue weighted by Gasteiger charge is 2.50. The number of hydrogen-bond acceptors (Lipinski definition) is 7. The molecule has 1 aliphatic heterocycles. The zero-order valence-electron chi connectivity index (χ0n) is 20.0. The van der Waals surface area contributed by atoms with Crippen molar-refractivity contribution in [2.24, 2.45) is 7.05 Å². The Morgan fingerprint density at radius 2 is 2.06 bits per heavy atom. The van der Waals surface area contributed by atoms with Gasteiger partial charge in [-0.15, -0.1) is 0 Å². The fourth-order valence-electron chi connectivity index (χ4n) is 5.00. The summed E-state index contributed by atoms with van der Waals surface area (Å²) in [5.74, 6) is 0.192. The highest BCUT2D eigenvalue weighted by molar-refractivity contribution is 6.09. The van der Waals surface area contributed by atoms with Crippen LogP contribution in [-0.4, -0.2) is 57.9 Å². The van der Waals surface area contributed by atoms with Crippen molar-refractivity contribution in [2.75, 3.05) is 39.6 Å². The fourth-order valence-corrected chi connectivity index (χ4v) is 5.00. The predicted octanol–water partition coefficient (Wildman–Crippen LogP) is 2.88. The maximum absolute atomic E-state index is 15.6. The largest absolute Gasteiger partial charge is 0.490 e. The summed E-state index contributed by atoms with van der Waals surface area (Å²) in [6.45, 7) is 1.64. The Morgan fingerprint density at radius 3 is 2.77 bits per heavy atom. The highest BCUT2D eigenvalue weighted by Crippen LogP contribution is 2.51. The first kappa shape index (κ1) is 21.8. The molecule has 3 aromatic heterocycles. The molecule has 1 fully saturated rings. The Kier molecular flexibility index (Phi) is 4.79. The molecule has 2 aliphatic rings. The van der Waals surface area contributed by atoms with Gasteiger partial charge >= 0.3 is 5.69 Å². The summed E-state index contributed by atoms with van der Waals surface area (Å²) in [6, 6.07) is 3.04. The minimum absolute atomic E-state index is 0.115. The zero-order chi connectivity index (χ0) is 24.5. The number of rotatable bonds is 6. The number of benzene rings is 1. The molecule has 35 heavy (non-hydrogen) atoms. The van der Waals surface area contributed by atoms with Crippen LogP contribution in [0.25, 0.3) is 33.1 Å². The van der Waals surface area contributed by atoms with Gasteiger partial charge in [-0.3, -0.25) is 14.1 Å². The quantitative estimate of drug-likeness (QED) is 0.425. The van der Waals surface area contributed by atoms with Gasteiger partial charge in [-0.2, -0.15) is 0 Å². The molecular weight excluding hydrogens is 451 g/mol. The molecule has 9 nitrogen and oxygen atoms in total. The molecule has 1 aromatic carbocycles. The van der Waals surface area contributed by atoms with E-state index in [1.165, 1.54) is 6.07 Å². The SMILES string of the molecule is CN(C)CCCOc1ncc(-c2c(F)cc3ncc4c5c3c2OCC2(CC2)n5c(=O)n4C)cc1N. The minimum Gasteiger partial charge on any atom is -0.490 e. The normalized spacial score (nSPS) is 15.8. The van der Waals surface area contributed by atoms with E-state index in [-0.39, 0.29) is 17.9 Å². The monoisotopic (exact) mass is 478 g/mol. The third-order valence-electron chi connectivity index (χ3n) is 7.02. The maximum atomic E-state index is 15.6. The lowest BCUT2D eigenvalue weighted by Crippen LogP contribution is -2.34. The number of hydrogen-bond donors (Lipinski definition) is 1. The number of halogens is 1. The van der Waals surface area contributed by atoms with Crippen LogP contribution in [0.5, 0.6) is 11.6 Å². The van der Waals surface area contributed by atoms with Crippen LogP contribution in [0.1, 0.15) is 19.3 Å². The van der Waals surface area contributed by atoms with Crippen LogP contribution in [0.4, 0.5) is 10.1 Å². The van der Waals surface area contributed by atoms with E-state index < -0.39 is 11.4 Å². The third kappa shape index (κ3) is 3.27. The van der Waals surface area contributed by atoms with E-state index in [4.69, 9.17) is 15.2 Å². The second-order valence-corrected chi connectivity index (χ2v) is 9.76. The molecule has 6 rings (SSSR count). The van der Waals surface area contributed by atoms with Crippen molar-refractivity contribution in [3.05, 3.63) is 40.8 Å². The summed E-state index contributed by atoms with van der Waals surface area (Å²) in [5, 5.41) is 0.628. The van der Waals surface area contributed by atoms with E-state index in [1.807, 2.05) is 18.7 Å². The van der Waals surface area contributed by atoms with Gasteiger partial charge in [-0.25, -0.2) is 14.2 Å². The smallest absolute Gasteiger partial charge is 0.329 e. The zero-order valence-corrected chi connectivity index (χ0v) is 20.0. The number of anilines is 1. The van der Waals surface area contributed by atoms with Gasteiger partial charge in [-0.1, -0.05) is 0 Å². The third-order valence-corrected chi connectivity index (χ3v) is 7.02. The van der Waals surface area contributed by atoms with Crippen molar-refractivity contribution in [1.82, 2.24) is 24.0 Å². The first-order chi connectivity index (χ1) is 16.8. The molecule has 4 aromatic rings. The van der Waals surface area contributed by atoms with E-state index in [9.17, 15) is 4.79 Å². The predicted molar refractivity (Wildman–Crippen MR) is 131 cm³/mol. The molecule has 4 heterocycles. The topological polar surface area (TPSA) is 100 Å². The molecule has 0 amide bonds.